The van der Waals surface area contributed by atoms with E-state index in [1.165, 1.54) is 5.52 Å². The number of benzene rings is 1. The summed E-state index contributed by atoms with van der Waals surface area (Å²) >= 11 is 0. The Morgan fingerprint density at radius 2 is 2.20 bits per heavy atom. The highest BCUT2D eigenvalue weighted by molar-refractivity contribution is 5.75. The third-order valence-corrected chi connectivity index (χ3v) is 4.03. The zero-order valence-corrected chi connectivity index (χ0v) is 12.0. The van der Waals surface area contributed by atoms with Gasteiger partial charge >= 0.3 is 0 Å². The molecule has 2 aromatic rings. The lowest BCUT2D eigenvalue weighted by molar-refractivity contribution is 0.0909. The molecule has 1 aliphatic rings. The van der Waals surface area contributed by atoms with Crippen LogP contribution in [0.1, 0.15) is 12.7 Å². The number of hydrogen-bond donors (Lipinski definition) is 1. The topological polar surface area (TPSA) is 50.5 Å². The fraction of sp³-hybridized carbons (Fsp3) is 0.533. The van der Waals surface area contributed by atoms with Crippen LogP contribution < -0.4 is 0 Å². The number of aliphatic hydroxyl groups excluding tert-OH is 1. The Morgan fingerprint density at radius 1 is 1.40 bits per heavy atom. The molecule has 0 spiro atoms. The predicted octanol–water partition coefficient (Wildman–Crippen LogP) is 1.25. The van der Waals surface area contributed by atoms with Crippen molar-refractivity contribution in [2.24, 2.45) is 0 Å². The van der Waals surface area contributed by atoms with E-state index in [-0.39, 0.29) is 6.04 Å². The zero-order valence-electron chi connectivity index (χ0n) is 12.0. The Balaban J connectivity index is 1.86. The van der Waals surface area contributed by atoms with Crippen LogP contribution in [0.15, 0.2) is 24.3 Å². The van der Waals surface area contributed by atoms with Crippen LogP contribution in [0.3, 0.4) is 0 Å². The van der Waals surface area contributed by atoms with Crippen LogP contribution in [0.2, 0.25) is 0 Å². The highest BCUT2D eigenvalue weighted by Gasteiger charge is 2.30. The van der Waals surface area contributed by atoms with Crippen LogP contribution in [0, 0.1) is 0 Å². The minimum atomic E-state index is -0.403. The van der Waals surface area contributed by atoms with Gasteiger partial charge in [0, 0.05) is 6.54 Å². The molecule has 3 rings (SSSR count). The van der Waals surface area contributed by atoms with Crippen molar-refractivity contribution in [3.63, 3.8) is 0 Å². The van der Waals surface area contributed by atoms with Gasteiger partial charge in [-0.15, -0.1) is 0 Å². The fourth-order valence-corrected chi connectivity index (χ4v) is 2.89. The Kier molecular flexibility index (Phi) is 3.74. The van der Waals surface area contributed by atoms with Crippen molar-refractivity contribution in [3.8, 4) is 0 Å². The molecule has 1 aromatic carbocycles. The molecule has 1 N–H and O–H groups in total. The molecule has 1 aromatic heterocycles. The first-order valence-corrected chi connectivity index (χ1v) is 7.11. The molecule has 1 fully saturated rings. The van der Waals surface area contributed by atoms with E-state index in [1.54, 1.807) is 0 Å². The Morgan fingerprint density at radius 3 is 2.90 bits per heavy atom. The average molecular weight is 275 g/mol. The van der Waals surface area contributed by atoms with Crippen LogP contribution in [0.4, 0.5) is 0 Å². The molecule has 0 radical (unpaired) electrons. The van der Waals surface area contributed by atoms with Gasteiger partial charge in [0.15, 0.2) is 0 Å². The van der Waals surface area contributed by atoms with E-state index in [9.17, 15) is 5.11 Å². The van der Waals surface area contributed by atoms with Gasteiger partial charge in [0.05, 0.1) is 42.9 Å². The number of nitrogens with zero attached hydrogens (tertiary/aromatic N) is 3. The van der Waals surface area contributed by atoms with Crippen molar-refractivity contribution in [1.29, 1.82) is 0 Å². The van der Waals surface area contributed by atoms with Crippen molar-refractivity contribution in [1.82, 2.24) is 14.5 Å². The molecule has 0 amide bonds. The Hall–Kier alpha value is -1.43. The number of likely N-dealkylation sites (N-methyl/N-ethyl adjacent to an activating group) is 1. The number of fused-ring (bicyclic) bond motifs is 1. The maximum Gasteiger partial charge on any atom is 0.124 e. The molecule has 2 atom stereocenters. The van der Waals surface area contributed by atoms with E-state index in [1.807, 2.05) is 25.2 Å². The lowest BCUT2D eigenvalue weighted by Crippen LogP contribution is -2.40. The highest BCUT2D eigenvalue weighted by atomic mass is 16.5. The van der Waals surface area contributed by atoms with Gasteiger partial charge in [0.25, 0.3) is 0 Å². The second-order valence-corrected chi connectivity index (χ2v) is 5.35. The van der Waals surface area contributed by atoms with E-state index < -0.39 is 6.10 Å². The number of ether oxygens (including phenoxy) is 1. The molecule has 0 saturated carbocycles. The summed E-state index contributed by atoms with van der Waals surface area (Å²) in [6, 6.07) is 8.25. The molecule has 5 nitrogen and oxygen atoms in total. The van der Waals surface area contributed by atoms with Crippen LogP contribution in [0.5, 0.6) is 0 Å². The molecule has 0 bridgehead atoms. The first-order chi connectivity index (χ1) is 9.70. The minimum Gasteiger partial charge on any atom is -0.389 e. The molecular weight excluding hydrogens is 254 g/mol. The summed E-state index contributed by atoms with van der Waals surface area (Å²) in [4.78, 5) is 6.85. The normalized spacial score (nSPS) is 23.0. The molecule has 2 heterocycles. The number of aromatic nitrogens is 2. The number of rotatable bonds is 4. The standard InChI is InChI=1S/C15H21N3O2/c1-3-18-12-7-5-4-6-11(12)16-15(18)8-17(2)13-9-20-10-14(13)19/h4-7,13-14,19H,3,8-10H2,1-2H3/t13-,14-/m0/s1. The maximum atomic E-state index is 9.91. The second-order valence-electron chi connectivity index (χ2n) is 5.35. The summed E-state index contributed by atoms with van der Waals surface area (Å²) in [5.41, 5.74) is 2.20. The van der Waals surface area contributed by atoms with Gasteiger partial charge in [-0.25, -0.2) is 4.98 Å². The van der Waals surface area contributed by atoms with Gasteiger partial charge in [-0.05, 0) is 26.1 Å². The molecule has 1 aliphatic heterocycles. The first kappa shape index (κ1) is 13.5. The summed E-state index contributed by atoms with van der Waals surface area (Å²) in [6.07, 6.45) is -0.403. The molecule has 108 valence electrons. The first-order valence-electron chi connectivity index (χ1n) is 7.11. The van der Waals surface area contributed by atoms with E-state index in [0.29, 0.717) is 19.8 Å². The summed E-state index contributed by atoms with van der Waals surface area (Å²) in [6.45, 7) is 4.76. The smallest absolute Gasteiger partial charge is 0.124 e. The Labute approximate surface area is 118 Å². The van der Waals surface area contributed by atoms with Crippen molar-refractivity contribution in [2.45, 2.75) is 32.2 Å². The lowest BCUT2D eigenvalue weighted by Gasteiger charge is -2.25. The third-order valence-electron chi connectivity index (χ3n) is 4.03. The van der Waals surface area contributed by atoms with Gasteiger partial charge in [-0.2, -0.15) is 0 Å². The van der Waals surface area contributed by atoms with Gasteiger partial charge in [-0.3, -0.25) is 4.90 Å². The second kappa shape index (κ2) is 5.52. The van der Waals surface area contributed by atoms with Crippen LogP contribution in [-0.4, -0.2) is 52.0 Å². The van der Waals surface area contributed by atoms with Crippen molar-refractivity contribution in [3.05, 3.63) is 30.1 Å². The Bertz CT molecular complexity index is 596. The molecule has 1 saturated heterocycles. The number of aliphatic hydroxyl groups is 1. The SMILES string of the molecule is CCn1c(CN(C)[C@H]2COC[C@@H]2O)nc2ccccc21. The number of para-hydroxylation sites is 2. The number of imidazole rings is 1. The molecular formula is C15H21N3O2. The van der Waals surface area contributed by atoms with Crippen molar-refractivity contribution >= 4 is 11.0 Å². The van der Waals surface area contributed by atoms with Gasteiger partial charge < -0.3 is 14.4 Å². The van der Waals surface area contributed by atoms with Crippen molar-refractivity contribution < 1.29 is 9.84 Å². The van der Waals surface area contributed by atoms with E-state index in [4.69, 9.17) is 9.72 Å². The third kappa shape index (κ3) is 2.32. The molecule has 0 unspecified atom stereocenters. The number of hydrogen-bond acceptors (Lipinski definition) is 4. The summed E-state index contributed by atoms with van der Waals surface area (Å²) in [5, 5.41) is 9.91. The molecule has 20 heavy (non-hydrogen) atoms. The molecule has 5 heteroatoms. The monoisotopic (exact) mass is 275 g/mol. The molecule has 0 aliphatic carbocycles. The quantitative estimate of drug-likeness (QED) is 0.912. The van der Waals surface area contributed by atoms with E-state index >= 15 is 0 Å². The number of aryl methyl sites for hydroxylation is 1. The summed E-state index contributed by atoms with van der Waals surface area (Å²) < 4.78 is 7.56. The van der Waals surface area contributed by atoms with E-state index in [2.05, 4.69) is 22.5 Å². The van der Waals surface area contributed by atoms with Crippen LogP contribution >= 0.6 is 0 Å². The minimum absolute atomic E-state index is 0.0557. The van der Waals surface area contributed by atoms with Gasteiger partial charge in [-0.1, -0.05) is 12.1 Å². The predicted molar refractivity (Wildman–Crippen MR) is 77.5 cm³/mol. The van der Waals surface area contributed by atoms with Crippen molar-refractivity contribution in [2.75, 3.05) is 20.3 Å². The lowest BCUT2D eigenvalue weighted by atomic mass is 10.2. The highest BCUT2D eigenvalue weighted by Crippen LogP contribution is 2.19. The largest absolute Gasteiger partial charge is 0.389 e. The maximum absolute atomic E-state index is 9.91. The van der Waals surface area contributed by atoms with Gasteiger partial charge in [0.2, 0.25) is 0 Å². The zero-order chi connectivity index (χ0) is 14.1. The summed E-state index contributed by atoms with van der Waals surface area (Å²) in [5.74, 6) is 1.04. The van der Waals surface area contributed by atoms with E-state index in [0.717, 1.165) is 17.9 Å². The fourth-order valence-electron chi connectivity index (χ4n) is 2.89. The van der Waals surface area contributed by atoms with Crippen LogP contribution in [0.25, 0.3) is 11.0 Å². The summed E-state index contributed by atoms with van der Waals surface area (Å²) in [7, 11) is 2.02. The average Bonchev–Trinajstić information content (AvgIpc) is 3.01. The van der Waals surface area contributed by atoms with Gasteiger partial charge in [0.1, 0.15) is 5.82 Å². The van der Waals surface area contributed by atoms with Crippen LogP contribution in [-0.2, 0) is 17.8 Å².